The lowest BCUT2D eigenvalue weighted by Crippen LogP contribution is -2.51. The van der Waals surface area contributed by atoms with Gasteiger partial charge in [-0.3, -0.25) is 0 Å². The van der Waals surface area contributed by atoms with Crippen molar-refractivity contribution in [2.75, 3.05) is 32.8 Å². The van der Waals surface area contributed by atoms with Crippen molar-refractivity contribution in [3.05, 3.63) is 0 Å². The Labute approximate surface area is 123 Å². The fourth-order valence-corrected chi connectivity index (χ4v) is 3.85. The number of nitrogens with two attached hydrogens (primary N) is 1. The normalized spacial score (nSPS) is 21.2. The van der Waals surface area contributed by atoms with Gasteiger partial charge in [0.25, 0.3) is 10.2 Å². The summed E-state index contributed by atoms with van der Waals surface area (Å²) >= 11 is 0. The Bertz CT molecular complexity index is 349. The van der Waals surface area contributed by atoms with Crippen LogP contribution in [-0.2, 0) is 14.9 Å². The fraction of sp³-hybridized carbons (Fsp3) is 1.00. The molecule has 1 aliphatic heterocycles. The summed E-state index contributed by atoms with van der Waals surface area (Å²) in [6, 6.07) is -0.0537. The standard InChI is InChI=1S/C13H29N3O3S/c1-2-3-10-19-11-6-8-15-20(17,18)16-9-5-4-7-13(16)12-14/h13,15H,2-12,14H2,1H3. The highest BCUT2D eigenvalue weighted by Gasteiger charge is 2.30. The average molecular weight is 307 g/mol. The molecule has 0 aromatic heterocycles. The van der Waals surface area contributed by atoms with Crippen LogP contribution in [0.5, 0.6) is 0 Å². The molecule has 0 aliphatic carbocycles. The van der Waals surface area contributed by atoms with Gasteiger partial charge < -0.3 is 10.5 Å². The number of unbranched alkanes of at least 4 members (excludes halogenated alkanes) is 1. The Morgan fingerprint density at radius 3 is 2.75 bits per heavy atom. The van der Waals surface area contributed by atoms with Crippen LogP contribution in [0.25, 0.3) is 0 Å². The molecular formula is C13H29N3O3S. The van der Waals surface area contributed by atoms with Crippen LogP contribution >= 0.6 is 0 Å². The van der Waals surface area contributed by atoms with Gasteiger partial charge in [0.1, 0.15) is 0 Å². The second-order valence-corrected chi connectivity index (χ2v) is 6.92. The number of nitrogens with one attached hydrogen (secondary N) is 1. The zero-order chi connectivity index (χ0) is 14.8. The molecule has 0 amide bonds. The Hall–Kier alpha value is -0.210. The molecule has 120 valence electrons. The van der Waals surface area contributed by atoms with E-state index in [1.165, 1.54) is 4.31 Å². The summed E-state index contributed by atoms with van der Waals surface area (Å²) in [5.74, 6) is 0. The van der Waals surface area contributed by atoms with E-state index < -0.39 is 10.2 Å². The van der Waals surface area contributed by atoms with E-state index in [0.717, 1.165) is 38.7 Å². The van der Waals surface area contributed by atoms with E-state index in [9.17, 15) is 8.42 Å². The molecule has 0 saturated carbocycles. The Balaban J connectivity index is 2.26. The third-order valence-electron chi connectivity index (χ3n) is 3.55. The van der Waals surface area contributed by atoms with Gasteiger partial charge in [-0.05, 0) is 25.7 Å². The van der Waals surface area contributed by atoms with Crippen molar-refractivity contribution in [1.82, 2.24) is 9.03 Å². The van der Waals surface area contributed by atoms with Gasteiger partial charge in [0.05, 0.1) is 0 Å². The number of ether oxygens (including phenoxy) is 1. The minimum Gasteiger partial charge on any atom is -0.381 e. The van der Waals surface area contributed by atoms with Crippen molar-refractivity contribution in [3.8, 4) is 0 Å². The minimum atomic E-state index is -3.39. The second-order valence-electron chi connectivity index (χ2n) is 5.21. The molecular weight excluding hydrogens is 278 g/mol. The third kappa shape index (κ3) is 6.05. The van der Waals surface area contributed by atoms with Crippen molar-refractivity contribution in [3.63, 3.8) is 0 Å². The lowest BCUT2D eigenvalue weighted by Gasteiger charge is -2.33. The third-order valence-corrected chi connectivity index (χ3v) is 5.21. The van der Waals surface area contributed by atoms with Crippen molar-refractivity contribution in [2.24, 2.45) is 5.73 Å². The second kappa shape index (κ2) is 9.68. The van der Waals surface area contributed by atoms with Crippen molar-refractivity contribution < 1.29 is 13.2 Å². The lowest BCUT2D eigenvalue weighted by molar-refractivity contribution is 0.129. The van der Waals surface area contributed by atoms with Gasteiger partial charge in [0, 0.05) is 38.9 Å². The molecule has 6 nitrogen and oxygen atoms in total. The highest BCUT2D eigenvalue weighted by molar-refractivity contribution is 7.87. The van der Waals surface area contributed by atoms with E-state index in [1.807, 2.05) is 0 Å². The van der Waals surface area contributed by atoms with Crippen LogP contribution in [0.4, 0.5) is 0 Å². The van der Waals surface area contributed by atoms with E-state index in [1.54, 1.807) is 0 Å². The monoisotopic (exact) mass is 307 g/mol. The summed E-state index contributed by atoms with van der Waals surface area (Å²) in [5, 5.41) is 0. The molecule has 0 radical (unpaired) electrons. The van der Waals surface area contributed by atoms with Gasteiger partial charge in [0.2, 0.25) is 0 Å². The SMILES string of the molecule is CCCCOCCCNS(=O)(=O)N1CCCCC1CN. The van der Waals surface area contributed by atoms with E-state index in [-0.39, 0.29) is 6.04 Å². The lowest BCUT2D eigenvalue weighted by atomic mass is 10.1. The van der Waals surface area contributed by atoms with Gasteiger partial charge in [-0.1, -0.05) is 19.8 Å². The summed E-state index contributed by atoms with van der Waals surface area (Å²) in [7, 11) is -3.39. The molecule has 1 fully saturated rings. The van der Waals surface area contributed by atoms with Crippen molar-refractivity contribution in [2.45, 2.75) is 51.5 Å². The molecule has 1 aliphatic rings. The van der Waals surface area contributed by atoms with Gasteiger partial charge in [0.15, 0.2) is 0 Å². The van der Waals surface area contributed by atoms with Crippen LogP contribution in [0, 0.1) is 0 Å². The first-order valence-corrected chi connectivity index (χ1v) is 9.10. The van der Waals surface area contributed by atoms with E-state index in [4.69, 9.17) is 10.5 Å². The molecule has 1 saturated heterocycles. The number of rotatable bonds is 10. The summed E-state index contributed by atoms with van der Waals surface area (Å²) < 4.78 is 34.0. The number of piperidine rings is 1. The van der Waals surface area contributed by atoms with Gasteiger partial charge >= 0.3 is 0 Å². The maximum Gasteiger partial charge on any atom is 0.279 e. The van der Waals surface area contributed by atoms with E-state index in [0.29, 0.717) is 32.7 Å². The number of nitrogens with zero attached hydrogens (tertiary/aromatic N) is 1. The summed E-state index contributed by atoms with van der Waals surface area (Å²) in [6.45, 7) is 4.85. The molecule has 1 heterocycles. The van der Waals surface area contributed by atoms with Crippen LogP contribution < -0.4 is 10.5 Å². The first kappa shape index (κ1) is 17.8. The zero-order valence-electron chi connectivity index (χ0n) is 12.5. The summed E-state index contributed by atoms with van der Waals surface area (Å²) in [5.41, 5.74) is 5.66. The minimum absolute atomic E-state index is 0.0537. The maximum atomic E-state index is 12.2. The predicted molar refractivity (Wildman–Crippen MR) is 80.7 cm³/mol. The van der Waals surface area contributed by atoms with Crippen LogP contribution in [-0.4, -0.2) is 51.6 Å². The van der Waals surface area contributed by atoms with Crippen molar-refractivity contribution >= 4 is 10.2 Å². The van der Waals surface area contributed by atoms with E-state index >= 15 is 0 Å². The highest BCUT2D eigenvalue weighted by Crippen LogP contribution is 2.18. The van der Waals surface area contributed by atoms with Crippen LogP contribution in [0.2, 0.25) is 0 Å². The molecule has 3 N–H and O–H groups in total. The Morgan fingerprint density at radius 2 is 2.05 bits per heavy atom. The largest absolute Gasteiger partial charge is 0.381 e. The molecule has 0 spiro atoms. The quantitative estimate of drug-likeness (QED) is 0.586. The molecule has 0 aromatic carbocycles. The summed E-state index contributed by atoms with van der Waals surface area (Å²) in [4.78, 5) is 0. The molecule has 7 heteroatoms. The average Bonchev–Trinajstić information content (AvgIpc) is 2.46. The molecule has 0 aromatic rings. The fourth-order valence-electron chi connectivity index (χ4n) is 2.33. The smallest absolute Gasteiger partial charge is 0.279 e. The first-order chi connectivity index (χ1) is 9.61. The molecule has 1 rings (SSSR count). The van der Waals surface area contributed by atoms with Crippen LogP contribution in [0.3, 0.4) is 0 Å². The highest BCUT2D eigenvalue weighted by atomic mass is 32.2. The maximum absolute atomic E-state index is 12.2. The topological polar surface area (TPSA) is 84.7 Å². The van der Waals surface area contributed by atoms with Gasteiger partial charge in [-0.2, -0.15) is 12.7 Å². The van der Waals surface area contributed by atoms with Crippen LogP contribution in [0.1, 0.15) is 45.4 Å². The predicted octanol–water partition coefficient (Wildman–Crippen LogP) is 0.841. The molecule has 1 unspecified atom stereocenters. The first-order valence-electron chi connectivity index (χ1n) is 7.66. The molecule has 20 heavy (non-hydrogen) atoms. The van der Waals surface area contributed by atoms with Gasteiger partial charge in [-0.15, -0.1) is 0 Å². The zero-order valence-corrected chi connectivity index (χ0v) is 13.3. The van der Waals surface area contributed by atoms with E-state index in [2.05, 4.69) is 11.6 Å². The Kier molecular flexibility index (Phi) is 8.63. The number of hydrogen-bond acceptors (Lipinski definition) is 4. The Morgan fingerprint density at radius 1 is 1.30 bits per heavy atom. The van der Waals surface area contributed by atoms with Crippen LogP contribution in [0.15, 0.2) is 0 Å². The van der Waals surface area contributed by atoms with Crippen molar-refractivity contribution in [1.29, 1.82) is 0 Å². The molecule has 0 bridgehead atoms. The summed E-state index contributed by atoms with van der Waals surface area (Å²) in [6.07, 6.45) is 5.69. The number of hydrogen-bond donors (Lipinski definition) is 2. The van der Waals surface area contributed by atoms with Gasteiger partial charge in [-0.25, -0.2) is 4.72 Å². The molecule has 1 atom stereocenters.